The van der Waals surface area contributed by atoms with Crippen LogP contribution in [0, 0.1) is 11.3 Å². The molecule has 0 aliphatic heterocycles. The van der Waals surface area contributed by atoms with Gasteiger partial charge in [-0.05, 0) is 54.8 Å². The molecule has 0 spiro atoms. The van der Waals surface area contributed by atoms with Gasteiger partial charge in [0.15, 0.2) is 0 Å². The van der Waals surface area contributed by atoms with E-state index in [1.54, 1.807) is 0 Å². The highest BCUT2D eigenvalue weighted by Crippen LogP contribution is 2.37. The maximum absolute atomic E-state index is 13.3. The van der Waals surface area contributed by atoms with E-state index in [0.717, 1.165) is 39.6 Å². The molecule has 6 heteroatoms. The van der Waals surface area contributed by atoms with Crippen LogP contribution in [-0.2, 0) is 5.41 Å². The molecule has 0 aliphatic rings. The van der Waals surface area contributed by atoms with Gasteiger partial charge in [-0.25, -0.2) is 9.78 Å². The van der Waals surface area contributed by atoms with Crippen molar-refractivity contribution in [1.29, 1.82) is 5.26 Å². The minimum Gasteiger partial charge on any atom is -0.422 e. The number of hydrogen-bond donors (Lipinski definition) is 0. The molecule has 2 aromatic heterocycles. The molecule has 5 rings (SSSR count). The van der Waals surface area contributed by atoms with E-state index >= 15 is 0 Å². The molecule has 0 N–H and O–H groups in total. The minimum atomic E-state index is -0.536. The summed E-state index contributed by atoms with van der Waals surface area (Å²) < 4.78 is 6.78. The summed E-state index contributed by atoms with van der Waals surface area (Å²) in [6.07, 6.45) is 1.00. The maximum Gasteiger partial charge on any atom is 0.348 e. The number of benzene rings is 3. The third-order valence-electron chi connectivity index (χ3n) is 7.25. The van der Waals surface area contributed by atoms with Gasteiger partial charge >= 0.3 is 5.63 Å². The quantitative estimate of drug-likeness (QED) is 0.224. The van der Waals surface area contributed by atoms with Crippen molar-refractivity contribution in [2.75, 3.05) is 11.4 Å². The number of nitrogens with zero attached hydrogens (tertiary/aromatic N) is 3. The van der Waals surface area contributed by atoms with Crippen LogP contribution in [0.1, 0.15) is 59.1 Å². The zero-order chi connectivity index (χ0) is 26.5. The van der Waals surface area contributed by atoms with Crippen molar-refractivity contribution in [3.05, 3.63) is 70.1 Å². The molecule has 0 bridgehead atoms. The highest BCUT2D eigenvalue weighted by atomic mass is 32.1. The Morgan fingerprint density at radius 1 is 1.08 bits per heavy atom. The molecule has 0 saturated heterocycles. The Labute approximate surface area is 221 Å². The number of aromatic nitrogens is 1. The first-order chi connectivity index (χ1) is 17.7. The van der Waals surface area contributed by atoms with E-state index < -0.39 is 5.63 Å². The van der Waals surface area contributed by atoms with Crippen molar-refractivity contribution >= 4 is 49.0 Å². The van der Waals surface area contributed by atoms with Crippen LogP contribution in [0.3, 0.4) is 0 Å². The summed E-state index contributed by atoms with van der Waals surface area (Å²) in [6.45, 7) is 13.9. The van der Waals surface area contributed by atoms with Crippen molar-refractivity contribution < 1.29 is 4.42 Å². The molecule has 188 valence electrons. The molecule has 37 heavy (non-hydrogen) atoms. The van der Waals surface area contributed by atoms with Crippen LogP contribution < -0.4 is 10.5 Å². The summed E-state index contributed by atoms with van der Waals surface area (Å²) in [7, 11) is 0. The largest absolute Gasteiger partial charge is 0.422 e. The molecular formula is C31H31N3O2S. The van der Waals surface area contributed by atoms with Crippen LogP contribution in [0.25, 0.3) is 42.5 Å². The molecule has 5 nitrogen and oxygen atoms in total. The van der Waals surface area contributed by atoms with E-state index in [1.807, 2.05) is 24.3 Å². The van der Waals surface area contributed by atoms with E-state index in [0.29, 0.717) is 27.6 Å². The molecule has 0 fully saturated rings. The summed E-state index contributed by atoms with van der Waals surface area (Å²) in [4.78, 5) is 20.4. The van der Waals surface area contributed by atoms with Crippen molar-refractivity contribution in [1.82, 2.24) is 4.98 Å². The lowest BCUT2D eigenvalue weighted by molar-refractivity contribution is 0.562. The normalized spacial score (nSPS) is 12.8. The van der Waals surface area contributed by atoms with Crippen LogP contribution in [0.4, 0.5) is 5.69 Å². The number of anilines is 1. The van der Waals surface area contributed by atoms with Crippen molar-refractivity contribution in [2.45, 2.75) is 59.4 Å². The summed E-state index contributed by atoms with van der Waals surface area (Å²) in [5.74, 6) is 0. The van der Waals surface area contributed by atoms with E-state index in [1.165, 1.54) is 16.9 Å². The van der Waals surface area contributed by atoms with E-state index in [2.05, 4.69) is 76.8 Å². The predicted molar refractivity (Wildman–Crippen MR) is 155 cm³/mol. The lowest BCUT2D eigenvalue weighted by Crippen LogP contribution is -2.32. The second-order valence-corrected chi connectivity index (χ2v) is 11.6. The monoisotopic (exact) mass is 509 g/mol. The first kappa shape index (κ1) is 25.0. The summed E-state index contributed by atoms with van der Waals surface area (Å²) >= 11 is 1.42. The molecule has 3 aromatic carbocycles. The summed E-state index contributed by atoms with van der Waals surface area (Å²) in [6, 6.07) is 19.0. The molecule has 0 amide bonds. The van der Waals surface area contributed by atoms with Crippen LogP contribution in [0.5, 0.6) is 0 Å². The fourth-order valence-corrected chi connectivity index (χ4v) is 5.96. The van der Waals surface area contributed by atoms with Gasteiger partial charge in [0.05, 0.1) is 15.8 Å². The van der Waals surface area contributed by atoms with Crippen molar-refractivity contribution in [3.63, 3.8) is 0 Å². The Morgan fingerprint density at radius 2 is 1.84 bits per heavy atom. The average Bonchev–Trinajstić information content (AvgIpc) is 3.31. The van der Waals surface area contributed by atoms with Crippen LogP contribution in [0.15, 0.2) is 57.7 Å². The molecule has 0 saturated carbocycles. The Hall–Kier alpha value is -3.69. The fraction of sp³-hybridized carbons (Fsp3) is 0.323. The van der Waals surface area contributed by atoms with Gasteiger partial charge in [-0.1, -0.05) is 52.0 Å². The second kappa shape index (κ2) is 9.32. The van der Waals surface area contributed by atoms with Crippen LogP contribution in [0.2, 0.25) is 0 Å². The van der Waals surface area contributed by atoms with E-state index in [-0.39, 0.29) is 11.0 Å². The smallest absolute Gasteiger partial charge is 0.348 e. The standard InChI is InChI=1S/C31H31N3O2S/c1-7-18(3)34(8-2)21-11-13-23-24(17-32)27(30(35)36-25(23)16-21)29-33-28-22-12-10-20(31(4,5)6)15-19(22)9-14-26(28)37-29/h9-16,18H,7-8H2,1-6H3. The molecule has 5 aromatic rings. The number of hydrogen-bond acceptors (Lipinski definition) is 6. The average molecular weight is 510 g/mol. The first-order valence-corrected chi connectivity index (χ1v) is 13.6. The molecule has 0 radical (unpaired) electrons. The molecule has 1 atom stereocenters. The number of fused-ring (bicyclic) bond motifs is 4. The second-order valence-electron chi connectivity index (χ2n) is 10.6. The van der Waals surface area contributed by atoms with Gasteiger partial charge in [0.1, 0.15) is 22.2 Å². The molecule has 2 heterocycles. The van der Waals surface area contributed by atoms with Gasteiger partial charge in [-0.15, -0.1) is 11.3 Å². The summed E-state index contributed by atoms with van der Waals surface area (Å²) in [5.41, 5.74) is 3.54. The van der Waals surface area contributed by atoms with E-state index in [9.17, 15) is 10.1 Å². The lowest BCUT2D eigenvalue weighted by atomic mass is 9.86. The molecular weight excluding hydrogens is 478 g/mol. The molecule has 1 unspecified atom stereocenters. The van der Waals surface area contributed by atoms with Gasteiger partial charge in [0, 0.05) is 35.1 Å². The third kappa shape index (κ3) is 4.28. The van der Waals surface area contributed by atoms with Gasteiger partial charge < -0.3 is 9.32 Å². The third-order valence-corrected chi connectivity index (χ3v) is 8.29. The van der Waals surface area contributed by atoms with Gasteiger partial charge in [-0.2, -0.15) is 5.26 Å². The summed E-state index contributed by atoms with van der Waals surface area (Å²) in [5, 5.41) is 13.4. The predicted octanol–water partition coefficient (Wildman–Crippen LogP) is 8.02. The van der Waals surface area contributed by atoms with Crippen molar-refractivity contribution in [2.24, 2.45) is 0 Å². The fourth-order valence-electron chi connectivity index (χ4n) is 4.94. The van der Waals surface area contributed by atoms with Crippen LogP contribution in [-0.4, -0.2) is 17.6 Å². The number of rotatable bonds is 5. The SMILES string of the molecule is CCC(C)N(CC)c1ccc2c(C#N)c(-c3nc4c(ccc5cc(C(C)(C)C)ccc54)s3)c(=O)oc2c1. The van der Waals surface area contributed by atoms with Gasteiger partial charge in [0.2, 0.25) is 0 Å². The Kier molecular flexibility index (Phi) is 6.29. The maximum atomic E-state index is 13.3. The zero-order valence-electron chi connectivity index (χ0n) is 22.2. The number of thiazole rings is 1. The number of nitriles is 1. The van der Waals surface area contributed by atoms with Gasteiger partial charge in [0.25, 0.3) is 0 Å². The van der Waals surface area contributed by atoms with Crippen LogP contribution >= 0.6 is 11.3 Å². The van der Waals surface area contributed by atoms with Gasteiger partial charge in [-0.3, -0.25) is 0 Å². The lowest BCUT2D eigenvalue weighted by Gasteiger charge is -2.29. The van der Waals surface area contributed by atoms with Crippen molar-refractivity contribution in [3.8, 4) is 16.6 Å². The van der Waals surface area contributed by atoms with E-state index in [4.69, 9.17) is 9.40 Å². The Balaban J connectivity index is 1.68. The Bertz CT molecular complexity index is 1750. The Morgan fingerprint density at radius 3 is 2.51 bits per heavy atom. The highest BCUT2D eigenvalue weighted by Gasteiger charge is 2.22. The highest BCUT2D eigenvalue weighted by molar-refractivity contribution is 7.21. The first-order valence-electron chi connectivity index (χ1n) is 12.8. The zero-order valence-corrected chi connectivity index (χ0v) is 23.0. The minimum absolute atomic E-state index is 0.0464. The molecule has 0 aliphatic carbocycles. The topological polar surface area (TPSA) is 70.1 Å².